The van der Waals surface area contributed by atoms with Crippen molar-refractivity contribution in [3.05, 3.63) is 23.3 Å². The molecule has 0 aliphatic carbocycles. The first-order valence-electron chi connectivity index (χ1n) is 4.73. The summed E-state index contributed by atoms with van der Waals surface area (Å²) >= 11 is 0. The molecule has 0 saturated heterocycles. The monoisotopic (exact) mass is 193 g/mol. The minimum Gasteiger partial charge on any atom is -0.493 e. The molecule has 0 aliphatic rings. The second kappa shape index (κ2) is 4.65. The summed E-state index contributed by atoms with van der Waals surface area (Å²) in [6, 6.07) is 3.43. The zero-order chi connectivity index (χ0) is 10.6. The molecule has 0 fully saturated rings. The van der Waals surface area contributed by atoms with Crippen molar-refractivity contribution < 1.29 is 9.53 Å². The number of hydrogen-bond donors (Lipinski definition) is 1. The molecule has 0 bridgehead atoms. The van der Waals surface area contributed by atoms with Crippen LogP contribution in [0.15, 0.2) is 12.1 Å². The third-order valence-electron chi connectivity index (χ3n) is 2.10. The highest BCUT2D eigenvalue weighted by molar-refractivity contribution is 5.82. The summed E-state index contributed by atoms with van der Waals surface area (Å²) in [5.74, 6) is 0.630. The van der Waals surface area contributed by atoms with Crippen molar-refractivity contribution in [1.82, 2.24) is 0 Å². The van der Waals surface area contributed by atoms with Crippen LogP contribution in [0.2, 0.25) is 0 Å². The summed E-state index contributed by atoms with van der Waals surface area (Å²) in [7, 11) is 0. The normalized spacial score (nSPS) is 9.86. The molecule has 0 aliphatic heterocycles. The smallest absolute Gasteiger partial charge is 0.153 e. The fourth-order valence-corrected chi connectivity index (χ4v) is 1.43. The van der Waals surface area contributed by atoms with Crippen LogP contribution in [-0.4, -0.2) is 12.9 Å². The lowest BCUT2D eigenvalue weighted by Gasteiger charge is -2.13. The Labute approximate surface area is 83.9 Å². The van der Waals surface area contributed by atoms with E-state index < -0.39 is 0 Å². The Hall–Kier alpha value is -1.51. The Morgan fingerprint density at radius 3 is 2.64 bits per heavy atom. The molecule has 0 radical (unpaired) electrons. The Morgan fingerprint density at radius 1 is 1.43 bits per heavy atom. The molecule has 1 rings (SSSR count). The van der Waals surface area contributed by atoms with Gasteiger partial charge in [0.1, 0.15) is 5.75 Å². The summed E-state index contributed by atoms with van der Waals surface area (Å²) < 4.78 is 5.42. The summed E-state index contributed by atoms with van der Waals surface area (Å²) in [5, 5.41) is 0. The Bertz CT molecular complexity index is 334. The number of benzene rings is 1. The van der Waals surface area contributed by atoms with Gasteiger partial charge in [-0.25, -0.2) is 0 Å². The Kier molecular flexibility index (Phi) is 3.51. The molecule has 76 valence electrons. The van der Waals surface area contributed by atoms with E-state index in [1.165, 1.54) is 0 Å². The number of anilines is 1. The maximum atomic E-state index is 10.8. The molecule has 1 aromatic rings. The van der Waals surface area contributed by atoms with E-state index in [4.69, 9.17) is 10.5 Å². The summed E-state index contributed by atoms with van der Waals surface area (Å²) in [4.78, 5) is 10.8. The van der Waals surface area contributed by atoms with Gasteiger partial charge in [0.15, 0.2) is 6.29 Å². The Morgan fingerprint density at radius 2 is 2.14 bits per heavy atom. The summed E-state index contributed by atoms with van der Waals surface area (Å²) in [6.45, 7) is 4.41. The van der Waals surface area contributed by atoms with E-state index in [-0.39, 0.29) is 0 Å². The average molecular weight is 193 g/mol. The minimum absolute atomic E-state index is 0.539. The molecule has 0 heterocycles. The van der Waals surface area contributed by atoms with Crippen LogP contribution in [0, 0.1) is 0 Å². The van der Waals surface area contributed by atoms with E-state index in [0.717, 1.165) is 18.3 Å². The third-order valence-corrected chi connectivity index (χ3v) is 2.10. The average Bonchev–Trinajstić information content (AvgIpc) is 2.19. The van der Waals surface area contributed by atoms with Gasteiger partial charge in [-0.2, -0.15) is 0 Å². The number of hydrogen-bond acceptors (Lipinski definition) is 3. The predicted molar refractivity (Wildman–Crippen MR) is 56.8 cm³/mol. The second-order valence-corrected chi connectivity index (χ2v) is 2.96. The van der Waals surface area contributed by atoms with Gasteiger partial charge in [-0.15, -0.1) is 0 Å². The molecule has 3 nitrogen and oxygen atoms in total. The lowest BCUT2D eigenvalue weighted by atomic mass is 10.1. The van der Waals surface area contributed by atoms with Gasteiger partial charge in [0, 0.05) is 11.3 Å². The molecule has 0 atom stereocenters. The molecule has 0 unspecified atom stereocenters. The molecule has 1 aromatic carbocycles. The van der Waals surface area contributed by atoms with Crippen LogP contribution in [-0.2, 0) is 6.42 Å². The van der Waals surface area contributed by atoms with Crippen molar-refractivity contribution in [2.45, 2.75) is 20.3 Å². The van der Waals surface area contributed by atoms with E-state index in [0.29, 0.717) is 23.6 Å². The zero-order valence-electron chi connectivity index (χ0n) is 8.54. The largest absolute Gasteiger partial charge is 0.493 e. The topological polar surface area (TPSA) is 52.3 Å². The van der Waals surface area contributed by atoms with Crippen LogP contribution in [0.5, 0.6) is 5.75 Å². The van der Waals surface area contributed by atoms with Crippen molar-refractivity contribution in [3.8, 4) is 5.75 Å². The number of nitrogens with two attached hydrogens (primary N) is 1. The number of carbonyl (C=O) groups is 1. The molecule has 0 spiro atoms. The highest BCUT2D eigenvalue weighted by Gasteiger charge is 2.10. The van der Waals surface area contributed by atoms with E-state index in [1.54, 1.807) is 12.1 Å². The van der Waals surface area contributed by atoms with E-state index in [2.05, 4.69) is 0 Å². The van der Waals surface area contributed by atoms with Gasteiger partial charge in [0.25, 0.3) is 0 Å². The van der Waals surface area contributed by atoms with Crippen LogP contribution in [0.1, 0.15) is 29.8 Å². The van der Waals surface area contributed by atoms with E-state index in [1.807, 2.05) is 13.8 Å². The molecular weight excluding hydrogens is 178 g/mol. The SMILES string of the molecule is CCOc1c(C=O)ccc(N)c1CC. The second-order valence-electron chi connectivity index (χ2n) is 2.96. The van der Waals surface area contributed by atoms with Gasteiger partial charge in [-0.05, 0) is 25.5 Å². The standard InChI is InChI=1S/C11H15NO2/c1-3-9-10(12)6-5-8(7-13)11(9)14-4-2/h5-7H,3-4,12H2,1-2H3. The van der Waals surface area contributed by atoms with Gasteiger partial charge in [0.05, 0.1) is 12.2 Å². The number of ether oxygens (including phenoxy) is 1. The molecule has 3 heteroatoms. The van der Waals surface area contributed by atoms with Gasteiger partial charge in [-0.1, -0.05) is 6.92 Å². The fraction of sp³-hybridized carbons (Fsp3) is 0.364. The number of carbonyl (C=O) groups excluding carboxylic acids is 1. The highest BCUT2D eigenvalue weighted by Crippen LogP contribution is 2.28. The van der Waals surface area contributed by atoms with Crippen LogP contribution in [0.25, 0.3) is 0 Å². The fourth-order valence-electron chi connectivity index (χ4n) is 1.43. The molecule has 0 amide bonds. The quantitative estimate of drug-likeness (QED) is 0.588. The van der Waals surface area contributed by atoms with Crippen molar-refractivity contribution in [2.75, 3.05) is 12.3 Å². The number of aldehydes is 1. The van der Waals surface area contributed by atoms with Crippen molar-refractivity contribution in [1.29, 1.82) is 0 Å². The first-order chi connectivity index (χ1) is 6.74. The molecule has 0 aromatic heterocycles. The summed E-state index contributed by atoms with van der Waals surface area (Å²) in [6.07, 6.45) is 1.56. The van der Waals surface area contributed by atoms with Crippen LogP contribution < -0.4 is 10.5 Å². The zero-order valence-corrected chi connectivity index (χ0v) is 8.54. The van der Waals surface area contributed by atoms with Gasteiger partial charge in [-0.3, -0.25) is 4.79 Å². The third kappa shape index (κ3) is 1.87. The lowest BCUT2D eigenvalue weighted by Crippen LogP contribution is -2.03. The van der Waals surface area contributed by atoms with Gasteiger partial charge < -0.3 is 10.5 Å². The number of nitrogen functional groups attached to an aromatic ring is 1. The molecule has 14 heavy (non-hydrogen) atoms. The van der Waals surface area contributed by atoms with E-state index >= 15 is 0 Å². The lowest BCUT2D eigenvalue weighted by molar-refractivity contribution is 0.111. The number of rotatable bonds is 4. The van der Waals surface area contributed by atoms with Crippen LogP contribution >= 0.6 is 0 Å². The molecular formula is C11H15NO2. The minimum atomic E-state index is 0.539. The van der Waals surface area contributed by atoms with Crippen molar-refractivity contribution in [2.24, 2.45) is 0 Å². The Balaban J connectivity index is 3.27. The molecule has 0 saturated carbocycles. The van der Waals surface area contributed by atoms with Crippen LogP contribution in [0.3, 0.4) is 0 Å². The van der Waals surface area contributed by atoms with Crippen LogP contribution in [0.4, 0.5) is 5.69 Å². The van der Waals surface area contributed by atoms with Crippen molar-refractivity contribution in [3.63, 3.8) is 0 Å². The van der Waals surface area contributed by atoms with E-state index in [9.17, 15) is 4.79 Å². The molecule has 2 N–H and O–H groups in total. The highest BCUT2D eigenvalue weighted by atomic mass is 16.5. The maximum absolute atomic E-state index is 10.8. The first-order valence-corrected chi connectivity index (χ1v) is 4.73. The summed E-state index contributed by atoms with van der Waals surface area (Å²) in [5.41, 5.74) is 7.95. The first kappa shape index (κ1) is 10.6. The van der Waals surface area contributed by atoms with Crippen molar-refractivity contribution >= 4 is 12.0 Å². The van der Waals surface area contributed by atoms with Gasteiger partial charge in [0.2, 0.25) is 0 Å². The van der Waals surface area contributed by atoms with Gasteiger partial charge >= 0.3 is 0 Å². The predicted octanol–water partition coefficient (Wildman–Crippen LogP) is 2.04. The maximum Gasteiger partial charge on any atom is 0.153 e.